The van der Waals surface area contributed by atoms with Crippen LogP contribution >= 0.6 is 0 Å². The third kappa shape index (κ3) is 2.41. The van der Waals surface area contributed by atoms with Gasteiger partial charge in [0.05, 0.1) is 13.2 Å². The molecule has 0 aliphatic carbocycles. The molecule has 1 heterocycles. The van der Waals surface area contributed by atoms with Crippen molar-refractivity contribution in [2.45, 2.75) is 19.4 Å². The summed E-state index contributed by atoms with van der Waals surface area (Å²) >= 11 is 0. The van der Waals surface area contributed by atoms with Crippen molar-refractivity contribution in [3.8, 4) is 0 Å². The monoisotopic (exact) mass is 202 g/mol. The normalized spacial score (nSPS) is 19.1. The summed E-state index contributed by atoms with van der Waals surface area (Å²) in [6.07, 6.45) is 0.239. The smallest absolute Gasteiger partial charge is 0.297 e. The molecule has 0 spiro atoms. The van der Waals surface area contributed by atoms with Crippen molar-refractivity contribution < 1.29 is 14.5 Å². The molecule has 6 heteroatoms. The molecule has 1 saturated heterocycles. The number of rotatable bonds is 3. The SMILES string of the molecule is CCC(C(=O)N1CCOCC1)[N+](=O)[O-]. The zero-order valence-electron chi connectivity index (χ0n) is 8.14. The van der Waals surface area contributed by atoms with Crippen LogP contribution in [0.5, 0.6) is 0 Å². The van der Waals surface area contributed by atoms with Crippen molar-refractivity contribution in [1.82, 2.24) is 4.90 Å². The van der Waals surface area contributed by atoms with Crippen LogP contribution in [0.3, 0.4) is 0 Å². The van der Waals surface area contributed by atoms with Gasteiger partial charge >= 0.3 is 0 Å². The Labute approximate surface area is 82.0 Å². The van der Waals surface area contributed by atoms with Gasteiger partial charge in [0, 0.05) is 24.4 Å². The topological polar surface area (TPSA) is 72.7 Å². The second-order valence-electron chi connectivity index (χ2n) is 3.15. The average Bonchev–Trinajstić information content (AvgIpc) is 2.19. The van der Waals surface area contributed by atoms with E-state index in [0.29, 0.717) is 26.3 Å². The van der Waals surface area contributed by atoms with Gasteiger partial charge in [-0.25, -0.2) is 0 Å². The molecule has 1 unspecified atom stereocenters. The van der Waals surface area contributed by atoms with E-state index >= 15 is 0 Å². The van der Waals surface area contributed by atoms with Crippen molar-refractivity contribution in [3.05, 3.63) is 10.1 Å². The van der Waals surface area contributed by atoms with Gasteiger partial charge in [0.1, 0.15) is 0 Å². The molecule has 80 valence electrons. The van der Waals surface area contributed by atoms with E-state index in [0.717, 1.165) is 0 Å². The van der Waals surface area contributed by atoms with Gasteiger partial charge in [0.15, 0.2) is 0 Å². The van der Waals surface area contributed by atoms with Crippen LogP contribution in [0.1, 0.15) is 13.3 Å². The van der Waals surface area contributed by atoms with Gasteiger partial charge in [-0.2, -0.15) is 0 Å². The molecule has 0 saturated carbocycles. The van der Waals surface area contributed by atoms with Crippen LogP contribution in [0, 0.1) is 10.1 Å². The van der Waals surface area contributed by atoms with Crippen LogP contribution in [-0.2, 0) is 9.53 Å². The first kappa shape index (κ1) is 10.9. The number of nitro groups is 1. The molecule has 0 N–H and O–H groups in total. The Kier molecular flexibility index (Phi) is 3.82. The molecular weight excluding hydrogens is 188 g/mol. The Hall–Kier alpha value is -1.17. The molecule has 1 fully saturated rings. The molecule has 0 radical (unpaired) electrons. The number of carbonyl (C=O) groups is 1. The van der Waals surface area contributed by atoms with Crippen molar-refractivity contribution in [2.24, 2.45) is 0 Å². The summed E-state index contributed by atoms with van der Waals surface area (Å²) in [5.41, 5.74) is 0. The second kappa shape index (κ2) is 4.90. The summed E-state index contributed by atoms with van der Waals surface area (Å²) in [6, 6.07) is -1.09. The Balaban J connectivity index is 2.56. The highest BCUT2D eigenvalue weighted by atomic mass is 16.6. The quantitative estimate of drug-likeness (QED) is 0.473. The van der Waals surface area contributed by atoms with E-state index in [1.807, 2.05) is 0 Å². The molecule has 0 aromatic carbocycles. The fraction of sp³-hybridized carbons (Fsp3) is 0.875. The zero-order chi connectivity index (χ0) is 10.6. The highest BCUT2D eigenvalue weighted by molar-refractivity contribution is 5.80. The number of morpholine rings is 1. The summed E-state index contributed by atoms with van der Waals surface area (Å²) in [7, 11) is 0. The maximum Gasteiger partial charge on any atom is 0.297 e. The van der Waals surface area contributed by atoms with E-state index in [9.17, 15) is 14.9 Å². The van der Waals surface area contributed by atoms with Crippen LogP contribution in [-0.4, -0.2) is 48.1 Å². The van der Waals surface area contributed by atoms with E-state index in [-0.39, 0.29) is 12.3 Å². The molecule has 1 atom stereocenters. The molecule has 1 aliphatic rings. The van der Waals surface area contributed by atoms with E-state index in [4.69, 9.17) is 4.74 Å². The Morgan fingerprint density at radius 2 is 2.14 bits per heavy atom. The van der Waals surface area contributed by atoms with Crippen molar-refractivity contribution >= 4 is 5.91 Å². The van der Waals surface area contributed by atoms with E-state index < -0.39 is 11.0 Å². The number of hydrogen-bond donors (Lipinski definition) is 0. The third-order valence-corrected chi connectivity index (χ3v) is 2.25. The Bertz CT molecular complexity index is 225. The molecule has 1 amide bonds. The number of carbonyl (C=O) groups excluding carboxylic acids is 1. The maximum atomic E-state index is 11.6. The lowest BCUT2D eigenvalue weighted by Gasteiger charge is -2.27. The molecular formula is C8H14N2O4. The van der Waals surface area contributed by atoms with E-state index in [2.05, 4.69) is 0 Å². The number of amides is 1. The standard InChI is InChI=1S/C8H14N2O4/c1-2-7(10(12)13)8(11)9-3-5-14-6-4-9/h7H,2-6H2,1H3. The minimum absolute atomic E-state index is 0.239. The van der Waals surface area contributed by atoms with Crippen LogP contribution in [0.2, 0.25) is 0 Å². The molecule has 0 aromatic heterocycles. The van der Waals surface area contributed by atoms with Crippen LogP contribution in [0.4, 0.5) is 0 Å². The third-order valence-electron chi connectivity index (χ3n) is 2.25. The summed E-state index contributed by atoms with van der Waals surface area (Å²) in [4.78, 5) is 23.1. The Morgan fingerprint density at radius 1 is 1.57 bits per heavy atom. The molecule has 1 aliphatic heterocycles. The molecule has 0 bridgehead atoms. The molecule has 0 aromatic rings. The summed E-state index contributed by atoms with van der Waals surface area (Å²) in [6.45, 7) is 3.51. The van der Waals surface area contributed by atoms with Gasteiger partial charge in [-0.3, -0.25) is 14.9 Å². The van der Waals surface area contributed by atoms with Crippen molar-refractivity contribution in [2.75, 3.05) is 26.3 Å². The van der Waals surface area contributed by atoms with Crippen molar-refractivity contribution in [1.29, 1.82) is 0 Å². The minimum atomic E-state index is -1.09. The van der Waals surface area contributed by atoms with Gasteiger partial charge in [-0.1, -0.05) is 6.92 Å². The van der Waals surface area contributed by atoms with E-state index in [1.165, 1.54) is 4.90 Å². The number of ether oxygens (including phenoxy) is 1. The maximum absolute atomic E-state index is 11.6. The molecule has 1 rings (SSSR count). The minimum Gasteiger partial charge on any atom is -0.378 e. The highest BCUT2D eigenvalue weighted by Crippen LogP contribution is 2.05. The van der Waals surface area contributed by atoms with E-state index in [1.54, 1.807) is 6.92 Å². The van der Waals surface area contributed by atoms with Gasteiger partial charge < -0.3 is 9.64 Å². The average molecular weight is 202 g/mol. The van der Waals surface area contributed by atoms with Gasteiger partial charge in [0.2, 0.25) is 0 Å². The van der Waals surface area contributed by atoms with Crippen LogP contribution in [0.25, 0.3) is 0 Å². The first-order valence-corrected chi connectivity index (χ1v) is 4.66. The highest BCUT2D eigenvalue weighted by Gasteiger charge is 2.32. The zero-order valence-corrected chi connectivity index (χ0v) is 8.14. The molecule has 6 nitrogen and oxygen atoms in total. The predicted molar refractivity (Wildman–Crippen MR) is 48.5 cm³/mol. The number of hydrogen-bond acceptors (Lipinski definition) is 4. The fourth-order valence-electron chi connectivity index (χ4n) is 1.41. The summed E-state index contributed by atoms with van der Waals surface area (Å²) in [5.74, 6) is -0.388. The fourth-order valence-corrected chi connectivity index (χ4v) is 1.41. The second-order valence-corrected chi connectivity index (χ2v) is 3.15. The lowest BCUT2D eigenvalue weighted by atomic mass is 10.2. The Morgan fingerprint density at radius 3 is 2.57 bits per heavy atom. The largest absolute Gasteiger partial charge is 0.378 e. The van der Waals surface area contributed by atoms with Crippen LogP contribution in [0.15, 0.2) is 0 Å². The molecule has 14 heavy (non-hydrogen) atoms. The first-order valence-electron chi connectivity index (χ1n) is 4.66. The lowest BCUT2D eigenvalue weighted by Crippen LogP contribution is -2.47. The first-order chi connectivity index (χ1) is 6.66. The van der Waals surface area contributed by atoms with Gasteiger partial charge in [0.25, 0.3) is 11.9 Å². The number of nitrogens with zero attached hydrogens (tertiary/aromatic N) is 2. The van der Waals surface area contributed by atoms with Crippen LogP contribution < -0.4 is 0 Å². The van der Waals surface area contributed by atoms with Gasteiger partial charge in [-0.15, -0.1) is 0 Å². The lowest BCUT2D eigenvalue weighted by molar-refractivity contribution is -0.509. The van der Waals surface area contributed by atoms with Gasteiger partial charge in [-0.05, 0) is 0 Å². The van der Waals surface area contributed by atoms with Crippen molar-refractivity contribution in [3.63, 3.8) is 0 Å². The summed E-state index contributed by atoms with van der Waals surface area (Å²) < 4.78 is 5.06. The summed E-state index contributed by atoms with van der Waals surface area (Å²) in [5, 5.41) is 10.5. The predicted octanol–water partition coefficient (Wildman–Crippen LogP) is -0.0995.